The van der Waals surface area contributed by atoms with Crippen LogP contribution in [0.4, 0.5) is 5.95 Å². The van der Waals surface area contributed by atoms with E-state index in [0.29, 0.717) is 13.0 Å². The quantitative estimate of drug-likeness (QED) is 0.823. The first-order valence-electron chi connectivity index (χ1n) is 8.09. The van der Waals surface area contributed by atoms with Crippen LogP contribution in [0.1, 0.15) is 24.5 Å². The SMILES string of the molecule is CCn1nnc(NC(=O)Cc2ccc(CC3CCNC3)cc2)n1.Cl. The number of nitrogens with zero attached hydrogens (tertiary/aromatic N) is 4. The van der Waals surface area contributed by atoms with Crippen LogP contribution in [0, 0.1) is 5.92 Å². The van der Waals surface area contributed by atoms with Gasteiger partial charge in [-0.2, -0.15) is 4.80 Å². The predicted molar refractivity (Wildman–Crippen MR) is 94.2 cm³/mol. The molecule has 2 N–H and O–H groups in total. The molecule has 0 spiro atoms. The van der Waals surface area contributed by atoms with Gasteiger partial charge in [-0.3, -0.25) is 10.1 Å². The standard InChI is InChI=1S/C16H22N6O.ClH/c1-2-22-20-16(19-21-22)18-15(23)10-13-5-3-12(4-6-13)9-14-7-8-17-11-14;/h3-6,14,17H,2,7-11H2,1H3,(H,18,20,23);1H. The molecule has 2 heterocycles. The number of tetrazole rings is 1. The van der Waals surface area contributed by atoms with Crippen LogP contribution in [0.2, 0.25) is 0 Å². The molecule has 1 fully saturated rings. The van der Waals surface area contributed by atoms with Gasteiger partial charge in [0, 0.05) is 0 Å². The molecule has 1 atom stereocenters. The van der Waals surface area contributed by atoms with Gasteiger partial charge in [0.2, 0.25) is 5.91 Å². The van der Waals surface area contributed by atoms with E-state index in [4.69, 9.17) is 0 Å². The molecular formula is C16H23ClN6O. The number of hydrogen-bond acceptors (Lipinski definition) is 5. The van der Waals surface area contributed by atoms with Gasteiger partial charge in [-0.05, 0) is 55.1 Å². The van der Waals surface area contributed by atoms with Gasteiger partial charge in [0.25, 0.3) is 5.95 Å². The van der Waals surface area contributed by atoms with Gasteiger partial charge in [-0.1, -0.05) is 29.4 Å². The van der Waals surface area contributed by atoms with Crippen molar-refractivity contribution in [2.24, 2.45) is 5.92 Å². The minimum atomic E-state index is -0.131. The summed E-state index contributed by atoms with van der Waals surface area (Å²) in [6.07, 6.45) is 2.66. The van der Waals surface area contributed by atoms with Gasteiger partial charge in [0.1, 0.15) is 0 Å². The lowest BCUT2D eigenvalue weighted by Gasteiger charge is -2.09. The Hall–Kier alpha value is -1.99. The Bertz CT molecular complexity index is 651. The van der Waals surface area contributed by atoms with E-state index in [0.717, 1.165) is 31.0 Å². The number of nitrogens with one attached hydrogen (secondary N) is 2. The monoisotopic (exact) mass is 350 g/mol. The van der Waals surface area contributed by atoms with Crippen LogP contribution in [-0.2, 0) is 24.2 Å². The average Bonchev–Trinajstić information content (AvgIpc) is 3.21. The predicted octanol–water partition coefficient (Wildman–Crippen LogP) is 1.45. The van der Waals surface area contributed by atoms with E-state index in [9.17, 15) is 4.79 Å². The Morgan fingerprint density at radius 1 is 1.33 bits per heavy atom. The zero-order valence-corrected chi connectivity index (χ0v) is 14.6. The fourth-order valence-electron chi connectivity index (χ4n) is 2.80. The number of amides is 1. The van der Waals surface area contributed by atoms with Crippen LogP contribution in [0.3, 0.4) is 0 Å². The summed E-state index contributed by atoms with van der Waals surface area (Å²) in [6.45, 7) is 4.77. The molecule has 3 rings (SSSR count). The summed E-state index contributed by atoms with van der Waals surface area (Å²) >= 11 is 0. The van der Waals surface area contributed by atoms with Crippen molar-refractivity contribution in [3.8, 4) is 0 Å². The van der Waals surface area contributed by atoms with E-state index >= 15 is 0 Å². The maximum atomic E-state index is 12.0. The number of rotatable bonds is 6. The highest BCUT2D eigenvalue weighted by Crippen LogP contribution is 2.16. The van der Waals surface area contributed by atoms with Crippen LogP contribution in [0.25, 0.3) is 0 Å². The Morgan fingerprint density at radius 3 is 2.71 bits per heavy atom. The summed E-state index contributed by atoms with van der Waals surface area (Å²) in [5, 5.41) is 17.7. The number of aromatic nitrogens is 4. The van der Waals surface area contributed by atoms with Gasteiger partial charge in [-0.15, -0.1) is 17.5 Å². The number of carbonyl (C=O) groups is 1. The van der Waals surface area contributed by atoms with Gasteiger partial charge in [0.15, 0.2) is 0 Å². The van der Waals surface area contributed by atoms with Gasteiger partial charge < -0.3 is 5.32 Å². The molecule has 0 radical (unpaired) electrons. The molecule has 1 aliphatic heterocycles. The lowest BCUT2D eigenvalue weighted by atomic mass is 9.97. The highest BCUT2D eigenvalue weighted by molar-refractivity contribution is 5.90. The van der Waals surface area contributed by atoms with Crippen molar-refractivity contribution >= 4 is 24.3 Å². The Balaban J connectivity index is 0.00000208. The lowest BCUT2D eigenvalue weighted by molar-refractivity contribution is -0.115. The third kappa shape index (κ3) is 5.01. The van der Waals surface area contributed by atoms with Crippen LogP contribution < -0.4 is 10.6 Å². The fraction of sp³-hybridized carbons (Fsp3) is 0.500. The first-order valence-corrected chi connectivity index (χ1v) is 8.09. The first kappa shape index (κ1) is 18.4. The third-order valence-corrected chi connectivity index (χ3v) is 4.06. The molecule has 24 heavy (non-hydrogen) atoms. The molecule has 1 aromatic heterocycles. The summed E-state index contributed by atoms with van der Waals surface area (Å²) in [5.41, 5.74) is 2.31. The molecule has 1 aromatic carbocycles. The number of anilines is 1. The number of hydrogen-bond donors (Lipinski definition) is 2. The molecule has 2 aromatic rings. The van der Waals surface area contributed by atoms with Crippen molar-refractivity contribution in [1.29, 1.82) is 0 Å². The maximum Gasteiger partial charge on any atom is 0.270 e. The van der Waals surface area contributed by atoms with Crippen molar-refractivity contribution < 1.29 is 4.79 Å². The van der Waals surface area contributed by atoms with E-state index in [1.807, 2.05) is 19.1 Å². The molecule has 0 bridgehead atoms. The molecule has 7 nitrogen and oxygen atoms in total. The molecular weight excluding hydrogens is 328 g/mol. The average molecular weight is 351 g/mol. The number of carbonyl (C=O) groups excluding carboxylic acids is 1. The molecule has 1 saturated heterocycles. The zero-order valence-electron chi connectivity index (χ0n) is 13.7. The molecule has 8 heteroatoms. The second-order valence-electron chi connectivity index (χ2n) is 5.91. The zero-order chi connectivity index (χ0) is 16.1. The minimum Gasteiger partial charge on any atom is -0.316 e. The highest BCUT2D eigenvalue weighted by atomic mass is 35.5. The topological polar surface area (TPSA) is 84.7 Å². The van der Waals surface area contributed by atoms with Gasteiger partial charge in [0.05, 0.1) is 13.0 Å². The van der Waals surface area contributed by atoms with Crippen molar-refractivity contribution in [2.45, 2.75) is 32.7 Å². The highest BCUT2D eigenvalue weighted by Gasteiger charge is 2.15. The van der Waals surface area contributed by atoms with Crippen LogP contribution >= 0.6 is 12.4 Å². The van der Waals surface area contributed by atoms with Crippen molar-refractivity contribution in [3.63, 3.8) is 0 Å². The van der Waals surface area contributed by atoms with Crippen molar-refractivity contribution in [2.75, 3.05) is 18.4 Å². The van der Waals surface area contributed by atoms with E-state index in [1.165, 1.54) is 16.8 Å². The van der Waals surface area contributed by atoms with E-state index in [-0.39, 0.29) is 24.3 Å². The van der Waals surface area contributed by atoms with E-state index in [2.05, 4.69) is 38.2 Å². The molecule has 130 valence electrons. The Labute approximate surface area is 147 Å². The number of benzene rings is 1. The molecule has 1 aliphatic rings. The maximum absolute atomic E-state index is 12.0. The van der Waals surface area contributed by atoms with Crippen LogP contribution in [-0.4, -0.2) is 39.2 Å². The summed E-state index contributed by atoms with van der Waals surface area (Å²) in [7, 11) is 0. The number of aryl methyl sites for hydroxylation is 1. The third-order valence-electron chi connectivity index (χ3n) is 4.06. The lowest BCUT2D eigenvalue weighted by Crippen LogP contribution is -2.15. The summed E-state index contributed by atoms with van der Waals surface area (Å²) in [6, 6.07) is 8.28. The van der Waals surface area contributed by atoms with E-state index < -0.39 is 0 Å². The molecule has 0 aliphatic carbocycles. The Morgan fingerprint density at radius 2 is 2.08 bits per heavy atom. The molecule has 1 unspecified atom stereocenters. The van der Waals surface area contributed by atoms with Crippen LogP contribution in [0.5, 0.6) is 0 Å². The summed E-state index contributed by atoms with van der Waals surface area (Å²) < 4.78 is 0. The van der Waals surface area contributed by atoms with Crippen molar-refractivity contribution in [3.05, 3.63) is 35.4 Å². The fourth-order valence-corrected chi connectivity index (χ4v) is 2.80. The van der Waals surface area contributed by atoms with Gasteiger partial charge in [-0.25, -0.2) is 0 Å². The minimum absolute atomic E-state index is 0. The molecule has 1 amide bonds. The largest absolute Gasteiger partial charge is 0.316 e. The van der Waals surface area contributed by atoms with Crippen LogP contribution in [0.15, 0.2) is 24.3 Å². The second-order valence-corrected chi connectivity index (χ2v) is 5.91. The van der Waals surface area contributed by atoms with Crippen molar-refractivity contribution in [1.82, 2.24) is 25.5 Å². The second kappa shape index (κ2) is 8.75. The number of halogens is 1. The Kier molecular flexibility index (Phi) is 6.69. The first-order chi connectivity index (χ1) is 11.2. The smallest absolute Gasteiger partial charge is 0.270 e. The molecule has 0 saturated carbocycles. The summed E-state index contributed by atoms with van der Waals surface area (Å²) in [5.74, 6) is 0.854. The summed E-state index contributed by atoms with van der Waals surface area (Å²) in [4.78, 5) is 13.4. The normalized spacial score (nSPS) is 16.6. The van der Waals surface area contributed by atoms with Gasteiger partial charge >= 0.3 is 0 Å². The van der Waals surface area contributed by atoms with E-state index in [1.54, 1.807) is 0 Å².